The highest BCUT2D eigenvalue weighted by Crippen LogP contribution is 2.21. The summed E-state index contributed by atoms with van der Waals surface area (Å²) in [5.74, 6) is -0.534. The van der Waals surface area contributed by atoms with Gasteiger partial charge >= 0.3 is 0 Å². The van der Waals surface area contributed by atoms with E-state index in [0.29, 0.717) is 6.54 Å². The standard InChI is InChI=1S/C12H15NO3/c1-8(2)7-13(3)12(16)9-4-10(14)6-11(15)5-9/h4-6,14-15H,1,7H2,2-3H3. The second-order valence-electron chi connectivity index (χ2n) is 3.86. The molecule has 0 saturated carbocycles. The Morgan fingerprint density at radius 2 is 1.81 bits per heavy atom. The molecule has 0 atom stereocenters. The molecule has 0 saturated heterocycles. The number of carbonyl (C=O) groups excluding carboxylic acids is 1. The van der Waals surface area contributed by atoms with E-state index in [-0.39, 0.29) is 23.0 Å². The Kier molecular flexibility index (Phi) is 3.55. The van der Waals surface area contributed by atoms with Crippen LogP contribution < -0.4 is 0 Å². The van der Waals surface area contributed by atoms with Gasteiger partial charge in [0.1, 0.15) is 11.5 Å². The van der Waals surface area contributed by atoms with Crippen LogP contribution in [0.25, 0.3) is 0 Å². The zero-order chi connectivity index (χ0) is 12.3. The Balaban J connectivity index is 2.91. The van der Waals surface area contributed by atoms with Crippen molar-refractivity contribution in [3.63, 3.8) is 0 Å². The molecule has 16 heavy (non-hydrogen) atoms. The summed E-state index contributed by atoms with van der Waals surface area (Å²) in [7, 11) is 1.64. The monoisotopic (exact) mass is 221 g/mol. The fraction of sp³-hybridized carbons (Fsp3) is 0.250. The number of phenolic OH excluding ortho intramolecular Hbond substituents is 2. The van der Waals surface area contributed by atoms with Crippen LogP contribution in [0.1, 0.15) is 17.3 Å². The third kappa shape index (κ3) is 3.02. The van der Waals surface area contributed by atoms with Gasteiger partial charge in [0, 0.05) is 25.2 Å². The number of rotatable bonds is 3. The van der Waals surface area contributed by atoms with Crippen molar-refractivity contribution in [2.45, 2.75) is 6.92 Å². The number of amides is 1. The Labute approximate surface area is 94.4 Å². The number of benzene rings is 1. The van der Waals surface area contributed by atoms with E-state index in [1.807, 2.05) is 6.92 Å². The molecule has 0 heterocycles. The highest BCUT2D eigenvalue weighted by atomic mass is 16.3. The molecule has 0 aliphatic heterocycles. The first-order valence-corrected chi connectivity index (χ1v) is 4.83. The molecular formula is C12H15NO3. The van der Waals surface area contributed by atoms with Gasteiger partial charge in [0.25, 0.3) is 5.91 Å². The Hall–Kier alpha value is -1.97. The summed E-state index contributed by atoms with van der Waals surface area (Å²) >= 11 is 0. The second-order valence-corrected chi connectivity index (χ2v) is 3.86. The molecule has 0 radical (unpaired) electrons. The van der Waals surface area contributed by atoms with E-state index in [1.165, 1.54) is 23.1 Å². The Bertz CT molecular complexity index is 406. The van der Waals surface area contributed by atoms with E-state index in [9.17, 15) is 15.0 Å². The van der Waals surface area contributed by atoms with E-state index in [0.717, 1.165) is 5.57 Å². The highest BCUT2D eigenvalue weighted by Gasteiger charge is 2.13. The van der Waals surface area contributed by atoms with Crippen LogP contribution in [0.3, 0.4) is 0 Å². The molecule has 4 heteroatoms. The van der Waals surface area contributed by atoms with Crippen molar-refractivity contribution < 1.29 is 15.0 Å². The van der Waals surface area contributed by atoms with Crippen molar-refractivity contribution in [2.75, 3.05) is 13.6 Å². The van der Waals surface area contributed by atoms with Crippen molar-refractivity contribution in [1.82, 2.24) is 4.90 Å². The molecule has 0 aromatic heterocycles. The average molecular weight is 221 g/mol. The van der Waals surface area contributed by atoms with Gasteiger partial charge in [-0.05, 0) is 19.1 Å². The minimum atomic E-state index is -0.269. The summed E-state index contributed by atoms with van der Waals surface area (Å²) in [6.07, 6.45) is 0. The molecule has 0 fully saturated rings. The van der Waals surface area contributed by atoms with Crippen LogP contribution in [0.15, 0.2) is 30.4 Å². The fourth-order valence-electron chi connectivity index (χ4n) is 1.42. The zero-order valence-electron chi connectivity index (χ0n) is 9.40. The van der Waals surface area contributed by atoms with Crippen LogP contribution >= 0.6 is 0 Å². The lowest BCUT2D eigenvalue weighted by molar-refractivity contribution is 0.0806. The number of phenols is 2. The first-order chi connectivity index (χ1) is 7.40. The van der Waals surface area contributed by atoms with Crippen LogP contribution in [-0.2, 0) is 0 Å². The summed E-state index contributed by atoms with van der Waals surface area (Å²) in [6.45, 7) is 5.98. The molecule has 0 spiro atoms. The SMILES string of the molecule is C=C(C)CN(C)C(=O)c1cc(O)cc(O)c1. The summed E-state index contributed by atoms with van der Waals surface area (Å²) in [5, 5.41) is 18.5. The van der Waals surface area contributed by atoms with Crippen LogP contribution in [0, 0.1) is 0 Å². The maximum absolute atomic E-state index is 11.8. The molecule has 1 amide bonds. The molecule has 0 unspecified atom stereocenters. The minimum absolute atomic E-state index is 0.132. The third-order valence-corrected chi connectivity index (χ3v) is 2.00. The van der Waals surface area contributed by atoms with Gasteiger partial charge in [0.15, 0.2) is 0 Å². The normalized spacial score (nSPS) is 9.88. The zero-order valence-corrected chi connectivity index (χ0v) is 9.40. The number of hydrogen-bond donors (Lipinski definition) is 2. The van der Waals surface area contributed by atoms with Crippen molar-refractivity contribution in [3.05, 3.63) is 35.9 Å². The molecule has 0 bridgehead atoms. The van der Waals surface area contributed by atoms with Crippen LogP contribution in [0.4, 0.5) is 0 Å². The first-order valence-electron chi connectivity index (χ1n) is 4.83. The number of carbonyl (C=O) groups is 1. The molecule has 4 nitrogen and oxygen atoms in total. The predicted molar refractivity (Wildman–Crippen MR) is 61.5 cm³/mol. The van der Waals surface area contributed by atoms with Gasteiger partial charge < -0.3 is 15.1 Å². The first kappa shape index (κ1) is 12.1. The maximum atomic E-state index is 11.8. The molecule has 1 rings (SSSR count). The molecule has 0 aliphatic carbocycles. The van der Waals surface area contributed by atoms with Gasteiger partial charge in [-0.2, -0.15) is 0 Å². The van der Waals surface area contributed by atoms with Crippen LogP contribution in [-0.4, -0.2) is 34.6 Å². The Morgan fingerprint density at radius 3 is 2.25 bits per heavy atom. The third-order valence-electron chi connectivity index (χ3n) is 2.00. The number of hydrogen-bond acceptors (Lipinski definition) is 3. The number of nitrogens with zero attached hydrogens (tertiary/aromatic N) is 1. The largest absolute Gasteiger partial charge is 0.508 e. The highest BCUT2D eigenvalue weighted by molar-refractivity contribution is 5.95. The topological polar surface area (TPSA) is 60.8 Å². The average Bonchev–Trinajstić information content (AvgIpc) is 2.13. The van der Waals surface area contributed by atoms with Gasteiger partial charge in [0.2, 0.25) is 0 Å². The minimum Gasteiger partial charge on any atom is -0.508 e. The lowest BCUT2D eigenvalue weighted by Gasteiger charge is -2.17. The Morgan fingerprint density at radius 1 is 1.31 bits per heavy atom. The van der Waals surface area contributed by atoms with Crippen molar-refractivity contribution in [3.8, 4) is 11.5 Å². The smallest absolute Gasteiger partial charge is 0.254 e. The molecule has 86 valence electrons. The van der Waals surface area contributed by atoms with E-state index >= 15 is 0 Å². The maximum Gasteiger partial charge on any atom is 0.254 e. The van der Waals surface area contributed by atoms with Crippen molar-refractivity contribution in [2.24, 2.45) is 0 Å². The van der Waals surface area contributed by atoms with Gasteiger partial charge in [-0.1, -0.05) is 12.2 Å². The molecule has 1 aromatic rings. The van der Waals surface area contributed by atoms with Crippen LogP contribution in [0.5, 0.6) is 11.5 Å². The molecule has 0 aliphatic rings. The lowest BCUT2D eigenvalue weighted by atomic mass is 10.1. The fourth-order valence-corrected chi connectivity index (χ4v) is 1.42. The van der Waals surface area contributed by atoms with E-state index < -0.39 is 0 Å². The molecule has 2 N–H and O–H groups in total. The number of likely N-dealkylation sites (N-methyl/N-ethyl adjacent to an activating group) is 1. The summed E-state index contributed by atoms with van der Waals surface area (Å²) in [5.41, 5.74) is 1.11. The van der Waals surface area contributed by atoms with E-state index in [4.69, 9.17) is 0 Å². The lowest BCUT2D eigenvalue weighted by Crippen LogP contribution is -2.28. The predicted octanol–water partition coefficient (Wildman–Crippen LogP) is 1.75. The van der Waals surface area contributed by atoms with Crippen LogP contribution in [0.2, 0.25) is 0 Å². The van der Waals surface area contributed by atoms with Gasteiger partial charge in [-0.15, -0.1) is 0 Å². The van der Waals surface area contributed by atoms with E-state index in [1.54, 1.807) is 7.05 Å². The van der Waals surface area contributed by atoms with Gasteiger partial charge in [-0.25, -0.2) is 0 Å². The molecule has 1 aromatic carbocycles. The quantitative estimate of drug-likeness (QED) is 0.764. The number of aromatic hydroxyl groups is 2. The summed E-state index contributed by atoms with van der Waals surface area (Å²) in [6, 6.07) is 3.81. The molecular weight excluding hydrogens is 206 g/mol. The van der Waals surface area contributed by atoms with Gasteiger partial charge in [-0.3, -0.25) is 4.79 Å². The second kappa shape index (κ2) is 4.70. The summed E-state index contributed by atoms with van der Waals surface area (Å²) in [4.78, 5) is 13.3. The van der Waals surface area contributed by atoms with E-state index in [2.05, 4.69) is 6.58 Å². The van der Waals surface area contributed by atoms with Crippen molar-refractivity contribution in [1.29, 1.82) is 0 Å². The summed E-state index contributed by atoms with van der Waals surface area (Å²) < 4.78 is 0. The van der Waals surface area contributed by atoms with Crippen molar-refractivity contribution >= 4 is 5.91 Å². The van der Waals surface area contributed by atoms with Gasteiger partial charge in [0.05, 0.1) is 0 Å².